The van der Waals surface area contributed by atoms with E-state index in [9.17, 15) is 0 Å². The Hall–Kier alpha value is -1.39. The Labute approximate surface area is 128 Å². The van der Waals surface area contributed by atoms with Crippen molar-refractivity contribution in [1.29, 1.82) is 0 Å². The highest BCUT2D eigenvalue weighted by Crippen LogP contribution is 2.24. The third-order valence-electron chi connectivity index (χ3n) is 3.05. The van der Waals surface area contributed by atoms with Crippen LogP contribution >= 0.6 is 15.9 Å². The molecule has 106 valence electrons. The van der Waals surface area contributed by atoms with Crippen molar-refractivity contribution in [2.45, 2.75) is 32.9 Å². The normalized spacial score (nSPS) is 12.2. The maximum Gasteiger partial charge on any atom is 0.130 e. The molecule has 1 unspecified atom stereocenters. The van der Waals surface area contributed by atoms with Gasteiger partial charge in [-0.2, -0.15) is 0 Å². The first-order valence-electron chi connectivity index (χ1n) is 6.63. The number of nitrogens with zero attached hydrogens (tertiary/aromatic N) is 1. The molecule has 0 aliphatic carbocycles. The molecular weight excluding hydrogens is 316 g/mol. The van der Waals surface area contributed by atoms with Gasteiger partial charge in [0, 0.05) is 16.7 Å². The molecule has 1 aromatic carbocycles. The summed E-state index contributed by atoms with van der Waals surface area (Å²) >= 11 is 3.54. The second-order valence-electron chi connectivity index (χ2n) is 4.99. The summed E-state index contributed by atoms with van der Waals surface area (Å²) in [5.41, 5.74) is 9.12. The van der Waals surface area contributed by atoms with Gasteiger partial charge < -0.3 is 10.5 Å². The average Bonchev–Trinajstić information content (AvgIpc) is 2.40. The van der Waals surface area contributed by atoms with Crippen LogP contribution in [-0.2, 0) is 13.0 Å². The Balaban J connectivity index is 2.08. The highest BCUT2D eigenvalue weighted by molar-refractivity contribution is 9.10. The van der Waals surface area contributed by atoms with E-state index in [4.69, 9.17) is 10.5 Å². The molecular formula is C16H19BrN2O. The first kappa shape index (κ1) is 15.0. The fourth-order valence-electron chi connectivity index (χ4n) is 1.97. The van der Waals surface area contributed by atoms with Crippen molar-refractivity contribution >= 4 is 15.9 Å². The van der Waals surface area contributed by atoms with E-state index in [1.807, 2.05) is 44.2 Å². The third-order valence-corrected chi connectivity index (χ3v) is 3.83. The number of halogens is 1. The topological polar surface area (TPSA) is 48.1 Å². The van der Waals surface area contributed by atoms with E-state index in [-0.39, 0.29) is 6.04 Å². The lowest BCUT2D eigenvalue weighted by molar-refractivity contribution is 0.300. The Bertz CT molecular complexity index is 584. The molecule has 3 nitrogen and oxygen atoms in total. The maximum absolute atomic E-state index is 5.86. The van der Waals surface area contributed by atoms with Gasteiger partial charge in [-0.3, -0.25) is 4.98 Å². The average molecular weight is 335 g/mol. The lowest BCUT2D eigenvalue weighted by Gasteiger charge is -2.12. The summed E-state index contributed by atoms with van der Waals surface area (Å²) < 4.78 is 6.89. The minimum absolute atomic E-state index is 0.125. The number of nitrogens with two attached hydrogens (primary N) is 1. The van der Waals surface area contributed by atoms with Crippen LogP contribution in [0, 0.1) is 6.92 Å². The molecule has 0 spiro atoms. The Morgan fingerprint density at radius 1 is 1.35 bits per heavy atom. The van der Waals surface area contributed by atoms with Crippen molar-refractivity contribution < 1.29 is 4.74 Å². The summed E-state index contributed by atoms with van der Waals surface area (Å²) in [6, 6.07) is 10.1. The van der Waals surface area contributed by atoms with Crippen LogP contribution in [0.15, 0.2) is 41.0 Å². The number of pyridine rings is 1. The molecule has 0 radical (unpaired) electrons. The first-order valence-corrected chi connectivity index (χ1v) is 7.43. The van der Waals surface area contributed by atoms with Gasteiger partial charge in [0.25, 0.3) is 0 Å². The number of benzene rings is 1. The predicted molar refractivity (Wildman–Crippen MR) is 84.8 cm³/mol. The molecule has 0 aliphatic rings. The minimum Gasteiger partial charge on any atom is -0.487 e. The van der Waals surface area contributed by atoms with Crippen LogP contribution in [0.2, 0.25) is 0 Å². The van der Waals surface area contributed by atoms with Crippen molar-refractivity contribution in [1.82, 2.24) is 4.98 Å². The van der Waals surface area contributed by atoms with Gasteiger partial charge in [0.1, 0.15) is 12.4 Å². The maximum atomic E-state index is 5.86. The van der Waals surface area contributed by atoms with Crippen molar-refractivity contribution in [3.05, 3.63) is 57.8 Å². The molecule has 2 rings (SSSR count). The van der Waals surface area contributed by atoms with Crippen LogP contribution in [0.1, 0.15) is 23.7 Å². The lowest BCUT2D eigenvalue weighted by Crippen LogP contribution is -2.18. The molecule has 0 fully saturated rings. The Morgan fingerprint density at radius 3 is 2.85 bits per heavy atom. The van der Waals surface area contributed by atoms with E-state index < -0.39 is 0 Å². The second-order valence-corrected chi connectivity index (χ2v) is 5.84. The van der Waals surface area contributed by atoms with Crippen molar-refractivity contribution in [3.63, 3.8) is 0 Å². The fourth-order valence-corrected chi connectivity index (χ4v) is 2.37. The molecule has 20 heavy (non-hydrogen) atoms. The summed E-state index contributed by atoms with van der Waals surface area (Å²) in [6.45, 7) is 4.51. The SMILES string of the molecule is Cc1cccnc1COc1ccc(Br)c(CC(C)N)c1. The number of aryl methyl sites for hydroxylation is 1. The van der Waals surface area contributed by atoms with Gasteiger partial charge in [0.15, 0.2) is 0 Å². The fraction of sp³-hybridized carbons (Fsp3) is 0.312. The molecule has 0 saturated carbocycles. The van der Waals surface area contributed by atoms with Crippen molar-refractivity contribution in [2.24, 2.45) is 5.73 Å². The highest BCUT2D eigenvalue weighted by Gasteiger charge is 2.06. The number of hydrogen-bond donors (Lipinski definition) is 1. The molecule has 4 heteroatoms. The zero-order valence-corrected chi connectivity index (χ0v) is 13.4. The monoisotopic (exact) mass is 334 g/mol. The molecule has 0 amide bonds. The molecule has 1 aromatic heterocycles. The van der Waals surface area contributed by atoms with Gasteiger partial charge in [-0.05, 0) is 55.7 Å². The third kappa shape index (κ3) is 4.05. The molecule has 0 saturated heterocycles. The molecule has 1 atom stereocenters. The number of rotatable bonds is 5. The summed E-state index contributed by atoms with van der Waals surface area (Å²) in [5, 5.41) is 0. The second kappa shape index (κ2) is 6.86. The van der Waals surface area contributed by atoms with E-state index in [0.29, 0.717) is 6.61 Å². The van der Waals surface area contributed by atoms with Gasteiger partial charge >= 0.3 is 0 Å². The van der Waals surface area contributed by atoms with Gasteiger partial charge in [-0.1, -0.05) is 22.0 Å². The van der Waals surface area contributed by atoms with E-state index >= 15 is 0 Å². The van der Waals surface area contributed by atoms with Crippen LogP contribution in [-0.4, -0.2) is 11.0 Å². The van der Waals surface area contributed by atoms with Gasteiger partial charge in [-0.15, -0.1) is 0 Å². The summed E-state index contributed by atoms with van der Waals surface area (Å²) in [7, 11) is 0. The largest absolute Gasteiger partial charge is 0.487 e. The number of ether oxygens (including phenoxy) is 1. The van der Waals surface area contributed by atoms with Crippen molar-refractivity contribution in [2.75, 3.05) is 0 Å². The van der Waals surface area contributed by atoms with Crippen LogP contribution in [0.25, 0.3) is 0 Å². The smallest absolute Gasteiger partial charge is 0.130 e. The van der Waals surface area contributed by atoms with Crippen LogP contribution in [0.5, 0.6) is 5.75 Å². The van der Waals surface area contributed by atoms with E-state index in [1.54, 1.807) is 6.20 Å². The summed E-state index contributed by atoms with van der Waals surface area (Å²) in [5.74, 6) is 0.842. The van der Waals surface area contributed by atoms with Crippen LogP contribution in [0.4, 0.5) is 0 Å². The molecule has 1 heterocycles. The molecule has 0 aliphatic heterocycles. The Morgan fingerprint density at radius 2 is 2.15 bits per heavy atom. The van der Waals surface area contributed by atoms with Gasteiger partial charge in [0.2, 0.25) is 0 Å². The highest BCUT2D eigenvalue weighted by atomic mass is 79.9. The summed E-state index contributed by atoms with van der Waals surface area (Å²) in [6.07, 6.45) is 2.61. The quantitative estimate of drug-likeness (QED) is 0.908. The van der Waals surface area contributed by atoms with Crippen LogP contribution < -0.4 is 10.5 Å². The zero-order valence-electron chi connectivity index (χ0n) is 11.8. The number of aromatic nitrogens is 1. The van der Waals surface area contributed by atoms with Gasteiger partial charge in [-0.25, -0.2) is 0 Å². The number of hydrogen-bond acceptors (Lipinski definition) is 3. The van der Waals surface area contributed by atoms with E-state index in [2.05, 4.69) is 20.9 Å². The lowest BCUT2D eigenvalue weighted by atomic mass is 10.1. The molecule has 0 bridgehead atoms. The van der Waals surface area contributed by atoms with E-state index in [1.165, 1.54) is 0 Å². The minimum atomic E-state index is 0.125. The van der Waals surface area contributed by atoms with Crippen molar-refractivity contribution in [3.8, 4) is 5.75 Å². The summed E-state index contributed by atoms with van der Waals surface area (Å²) in [4.78, 5) is 4.33. The predicted octanol–water partition coefficient (Wildman–Crippen LogP) is 3.62. The van der Waals surface area contributed by atoms with Gasteiger partial charge in [0.05, 0.1) is 5.69 Å². The zero-order chi connectivity index (χ0) is 14.5. The standard InChI is InChI=1S/C16H19BrN2O/c1-11-4-3-7-19-16(11)10-20-14-5-6-15(17)13(9-14)8-12(2)18/h3-7,9,12H,8,10,18H2,1-2H3. The first-order chi connectivity index (χ1) is 9.56. The molecule has 2 aromatic rings. The van der Waals surface area contributed by atoms with E-state index in [0.717, 1.165) is 33.5 Å². The Kier molecular flexibility index (Phi) is 5.15. The molecule has 2 N–H and O–H groups in total. The van der Waals surface area contributed by atoms with Crippen LogP contribution in [0.3, 0.4) is 0 Å².